The molecule has 0 spiro atoms. The van der Waals surface area contributed by atoms with Crippen LogP contribution in [0.5, 0.6) is 0 Å². The molecule has 0 aliphatic carbocycles. The number of carbonyl (C=O) groups excluding carboxylic acids is 1. The molecular weight excluding hydrogens is 246 g/mol. The summed E-state index contributed by atoms with van der Waals surface area (Å²) in [6, 6.07) is 4.96. The number of hydrogen-bond donors (Lipinski definition) is 4. The lowest BCUT2D eigenvalue weighted by molar-refractivity contribution is -0.118. The van der Waals surface area contributed by atoms with Crippen molar-refractivity contribution in [2.45, 2.75) is 12.8 Å². The number of nitrogens with zero attached hydrogens (tertiary/aromatic N) is 1. The summed E-state index contributed by atoms with van der Waals surface area (Å²) in [5.74, 6) is 0.0176. The van der Waals surface area contributed by atoms with Gasteiger partial charge in [0, 0.05) is 18.7 Å². The van der Waals surface area contributed by atoms with Crippen LogP contribution in [0.3, 0.4) is 0 Å². The second-order valence-corrected chi connectivity index (χ2v) is 4.19. The van der Waals surface area contributed by atoms with Gasteiger partial charge in [-0.3, -0.25) is 14.6 Å². The number of nitrogens with two attached hydrogens (primary N) is 2. The number of nitrogen functional groups attached to an aromatic ring is 1. The molecule has 1 amide bonds. The van der Waals surface area contributed by atoms with E-state index in [1.54, 1.807) is 18.2 Å². The van der Waals surface area contributed by atoms with Crippen molar-refractivity contribution in [3.8, 4) is 0 Å². The van der Waals surface area contributed by atoms with Crippen molar-refractivity contribution in [1.29, 1.82) is 0 Å². The largest absolute Gasteiger partial charge is 0.399 e. The summed E-state index contributed by atoms with van der Waals surface area (Å²) < 4.78 is 0. The fraction of sp³-hybridized carbons (Fsp3) is 0.250. The van der Waals surface area contributed by atoms with Gasteiger partial charge in [0.1, 0.15) is 0 Å². The molecule has 7 heteroatoms. The Kier molecular flexibility index (Phi) is 3.65. The fourth-order valence-electron chi connectivity index (χ4n) is 1.71. The Morgan fingerprint density at radius 2 is 2.21 bits per heavy atom. The first kappa shape index (κ1) is 12.9. The predicted octanol–water partition coefficient (Wildman–Crippen LogP) is 0.183. The van der Waals surface area contributed by atoms with Crippen molar-refractivity contribution in [3.05, 3.63) is 28.6 Å². The van der Waals surface area contributed by atoms with Crippen LogP contribution in [0.2, 0.25) is 0 Å². The number of anilines is 2. The number of carbonyl (C=O) groups is 1. The lowest BCUT2D eigenvalue weighted by Gasteiger charge is -2.06. The van der Waals surface area contributed by atoms with E-state index in [2.05, 4.69) is 15.3 Å². The number of nitrogens with one attached hydrogen (secondary N) is 2. The van der Waals surface area contributed by atoms with Crippen molar-refractivity contribution >= 4 is 28.4 Å². The standard InChI is InChI=1S/C12H15N5O2/c13-7-3-4-9-8(6-7)11(19)17-12(16-9)15-5-1-2-10(14)18/h3-4,6H,1-2,5,13H2,(H2,14,18)(H2,15,16,17,19). The molecule has 0 atom stereocenters. The van der Waals surface area contributed by atoms with E-state index in [0.717, 1.165) is 0 Å². The van der Waals surface area contributed by atoms with Gasteiger partial charge in [0.25, 0.3) is 5.56 Å². The molecule has 0 radical (unpaired) electrons. The van der Waals surface area contributed by atoms with Gasteiger partial charge in [0.05, 0.1) is 10.9 Å². The normalized spacial score (nSPS) is 10.5. The zero-order valence-electron chi connectivity index (χ0n) is 10.3. The van der Waals surface area contributed by atoms with Crippen LogP contribution in [0.15, 0.2) is 23.0 Å². The Morgan fingerprint density at radius 3 is 2.95 bits per heavy atom. The molecule has 1 heterocycles. The number of primary amides is 1. The molecule has 2 rings (SSSR count). The first-order valence-corrected chi connectivity index (χ1v) is 5.88. The van der Waals surface area contributed by atoms with Crippen LogP contribution in [0.25, 0.3) is 10.9 Å². The maximum Gasteiger partial charge on any atom is 0.260 e. The van der Waals surface area contributed by atoms with Crippen molar-refractivity contribution < 1.29 is 4.79 Å². The van der Waals surface area contributed by atoms with Crippen molar-refractivity contribution in [3.63, 3.8) is 0 Å². The number of rotatable bonds is 5. The van der Waals surface area contributed by atoms with E-state index in [9.17, 15) is 9.59 Å². The highest BCUT2D eigenvalue weighted by Crippen LogP contribution is 2.12. The smallest absolute Gasteiger partial charge is 0.260 e. The molecule has 0 unspecified atom stereocenters. The molecule has 0 saturated heterocycles. The van der Waals surface area contributed by atoms with Crippen LogP contribution in [0.4, 0.5) is 11.6 Å². The monoisotopic (exact) mass is 261 g/mol. The quantitative estimate of drug-likeness (QED) is 0.451. The van der Waals surface area contributed by atoms with Crippen LogP contribution in [0.1, 0.15) is 12.8 Å². The Hall–Kier alpha value is -2.57. The average molecular weight is 261 g/mol. The SMILES string of the molecule is NC(=O)CCCNc1nc2ccc(N)cc2c(=O)[nH]1. The predicted molar refractivity (Wildman–Crippen MR) is 73.7 cm³/mol. The van der Waals surface area contributed by atoms with Gasteiger partial charge in [-0.05, 0) is 24.6 Å². The van der Waals surface area contributed by atoms with E-state index in [1.165, 1.54) is 0 Å². The topological polar surface area (TPSA) is 127 Å². The summed E-state index contributed by atoms with van der Waals surface area (Å²) in [4.78, 5) is 29.3. The minimum absolute atomic E-state index is 0.255. The Bertz CT molecular complexity index is 665. The third-order valence-electron chi connectivity index (χ3n) is 2.62. The van der Waals surface area contributed by atoms with E-state index in [4.69, 9.17) is 11.5 Å². The second kappa shape index (κ2) is 5.38. The van der Waals surface area contributed by atoms with Gasteiger partial charge < -0.3 is 16.8 Å². The lowest BCUT2D eigenvalue weighted by Crippen LogP contribution is -2.16. The first-order chi connectivity index (χ1) is 9.06. The number of aromatic nitrogens is 2. The maximum absolute atomic E-state index is 11.8. The van der Waals surface area contributed by atoms with Gasteiger partial charge in [-0.25, -0.2) is 4.98 Å². The van der Waals surface area contributed by atoms with E-state index < -0.39 is 0 Å². The molecule has 100 valence electrons. The van der Waals surface area contributed by atoms with Gasteiger partial charge in [0.2, 0.25) is 11.9 Å². The molecule has 0 saturated carbocycles. The molecule has 0 bridgehead atoms. The van der Waals surface area contributed by atoms with Gasteiger partial charge >= 0.3 is 0 Å². The van der Waals surface area contributed by atoms with Crippen molar-refractivity contribution in [2.24, 2.45) is 5.73 Å². The molecular formula is C12H15N5O2. The lowest BCUT2D eigenvalue weighted by atomic mass is 10.2. The van der Waals surface area contributed by atoms with Crippen LogP contribution in [0, 0.1) is 0 Å². The molecule has 6 N–H and O–H groups in total. The third-order valence-corrected chi connectivity index (χ3v) is 2.62. The zero-order valence-corrected chi connectivity index (χ0v) is 10.3. The molecule has 7 nitrogen and oxygen atoms in total. The third kappa shape index (κ3) is 3.21. The summed E-state index contributed by atoms with van der Waals surface area (Å²) in [6.45, 7) is 0.506. The molecule has 1 aromatic heterocycles. The zero-order chi connectivity index (χ0) is 13.8. The van der Waals surface area contributed by atoms with Gasteiger partial charge in [0.15, 0.2) is 0 Å². The van der Waals surface area contributed by atoms with Crippen LogP contribution >= 0.6 is 0 Å². The minimum atomic E-state index is -0.350. The number of benzene rings is 1. The Balaban J connectivity index is 2.15. The van der Waals surface area contributed by atoms with Crippen molar-refractivity contribution in [2.75, 3.05) is 17.6 Å². The highest BCUT2D eigenvalue weighted by molar-refractivity contribution is 5.81. The molecule has 0 aliphatic heterocycles. The summed E-state index contributed by atoms with van der Waals surface area (Å²) in [5, 5.41) is 3.39. The highest BCUT2D eigenvalue weighted by Gasteiger charge is 2.04. The molecule has 0 fully saturated rings. The average Bonchev–Trinajstić information content (AvgIpc) is 2.35. The molecule has 0 aliphatic rings. The molecule has 1 aromatic carbocycles. The number of H-pyrrole nitrogens is 1. The summed E-state index contributed by atoms with van der Waals surface area (Å²) in [6.07, 6.45) is 0.875. The van der Waals surface area contributed by atoms with Gasteiger partial charge in [-0.15, -0.1) is 0 Å². The number of fused-ring (bicyclic) bond motifs is 1. The van der Waals surface area contributed by atoms with Crippen LogP contribution in [-0.4, -0.2) is 22.4 Å². The highest BCUT2D eigenvalue weighted by atomic mass is 16.1. The summed E-state index contributed by atoms with van der Waals surface area (Å²) in [5.41, 5.74) is 11.5. The summed E-state index contributed by atoms with van der Waals surface area (Å²) >= 11 is 0. The number of aromatic amines is 1. The van der Waals surface area contributed by atoms with Crippen LogP contribution in [-0.2, 0) is 4.79 Å². The summed E-state index contributed by atoms with van der Waals surface area (Å²) in [7, 11) is 0. The van der Waals surface area contributed by atoms with E-state index >= 15 is 0 Å². The van der Waals surface area contributed by atoms with Crippen molar-refractivity contribution in [1.82, 2.24) is 9.97 Å². The second-order valence-electron chi connectivity index (χ2n) is 4.19. The Morgan fingerprint density at radius 1 is 1.42 bits per heavy atom. The van der Waals surface area contributed by atoms with E-state index in [1.807, 2.05) is 0 Å². The number of amides is 1. The van der Waals surface area contributed by atoms with E-state index in [0.29, 0.717) is 41.9 Å². The van der Waals surface area contributed by atoms with Gasteiger partial charge in [-0.2, -0.15) is 0 Å². The van der Waals surface area contributed by atoms with E-state index in [-0.39, 0.29) is 11.5 Å². The number of hydrogen-bond acceptors (Lipinski definition) is 5. The maximum atomic E-state index is 11.8. The van der Waals surface area contributed by atoms with Gasteiger partial charge in [-0.1, -0.05) is 0 Å². The molecule has 2 aromatic rings. The van der Waals surface area contributed by atoms with Crippen LogP contribution < -0.4 is 22.3 Å². The minimum Gasteiger partial charge on any atom is -0.399 e. The first-order valence-electron chi connectivity index (χ1n) is 5.88. The molecule has 19 heavy (non-hydrogen) atoms. The Labute approximate surface area is 109 Å². The fourth-order valence-corrected chi connectivity index (χ4v) is 1.71.